The van der Waals surface area contributed by atoms with E-state index in [1.54, 1.807) is 0 Å². The van der Waals surface area contributed by atoms with Gasteiger partial charge in [-0.2, -0.15) is 0 Å². The molecule has 3 nitrogen and oxygen atoms in total. The topological polar surface area (TPSA) is 18.5 Å². The van der Waals surface area contributed by atoms with Crippen LogP contribution in [-0.4, -0.2) is 61.2 Å². The van der Waals surface area contributed by atoms with Crippen molar-refractivity contribution in [2.24, 2.45) is 0 Å². The van der Waals surface area contributed by atoms with Crippen LogP contribution in [0.1, 0.15) is 38.5 Å². The van der Waals surface area contributed by atoms with Crippen LogP contribution in [0.15, 0.2) is 0 Å². The third kappa shape index (κ3) is 3.43. The molecule has 0 radical (unpaired) electrons. The molecule has 3 fully saturated rings. The number of nitrogens with one attached hydrogen (secondary N) is 1. The van der Waals surface area contributed by atoms with E-state index >= 15 is 0 Å². The third-order valence-corrected chi connectivity index (χ3v) is 4.59. The molecule has 0 aromatic carbocycles. The van der Waals surface area contributed by atoms with Gasteiger partial charge in [0.05, 0.1) is 0 Å². The second-order valence-corrected chi connectivity index (χ2v) is 6.07. The first-order valence-electron chi connectivity index (χ1n) is 7.61. The lowest BCUT2D eigenvalue weighted by atomic mass is 10.1. The van der Waals surface area contributed by atoms with Crippen molar-refractivity contribution in [2.75, 3.05) is 39.3 Å². The fraction of sp³-hybridized carbons (Fsp3) is 1.00. The van der Waals surface area contributed by atoms with Crippen LogP contribution >= 0.6 is 0 Å². The molecule has 2 saturated heterocycles. The minimum Gasteiger partial charge on any atom is -0.313 e. The minimum atomic E-state index is 0.871. The van der Waals surface area contributed by atoms with Gasteiger partial charge in [0.1, 0.15) is 0 Å². The van der Waals surface area contributed by atoms with E-state index in [2.05, 4.69) is 15.1 Å². The molecule has 3 rings (SSSR count). The zero-order chi connectivity index (χ0) is 11.5. The maximum Gasteiger partial charge on any atom is 0.0235 e. The van der Waals surface area contributed by atoms with Gasteiger partial charge >= 0.3 is 0 Å². The highest BCUT2D eigenvalue weighted by Crippen LogP contribution is 2.20. The van der Waals surface area contributed by atoms with Gasteiger partial charge in [0.25, 0.3) is 0 Å². The Morgan fingerprint density at radius 3 is 2.53 bits per heavy atom. The molecule has 1 saturated carbocycles. The quantitative estimate of drug-likeness (QED) is 0.777. The van der Waals surface area contributed by atoms with Crippen LogP contribution in [-0.2, 0) is 0 Å². The van der Waals surface area contributed by atoms with Crippen molar-refractivity contribution in [1.82, 2.24) is 15.1 Å². The zero-order valence-corrected chi connectivity index (χ0v) is 11.0. The number of likely N-dealkylation sites (tertiary alicyclic amines) is 2. The van der Waals surface area contributed by atoms with Crippen molar-refractivity contribution in [3.63, 3.8) is 0 Å². The predicted molar refractivity (Wildman–Crippen MR) is 71.3 cm³/mol. The molecule has 1 atom stereocenters. The van der Waals surface area contributed by atoms with E-state index in [-0.39, 0.29) is 0 Å². The standard InChI is InChI=1S/C14H27N3/c1-2-8-17(9-3-1)14-6-10-16(12-14)11-7-15-13-4-5-13/h13-15H,1-12H2. The molecule has 98 valence electrons. The lowest BCUT2D eigenvalue weighted by molar-refractivity contribution is 0.162. The Labute approximate surface area is 106 Å². The van der Waals surface area contributed by atoms with Crippen molar-refractivity contribution in [3.05, 3.63) is 0 Å². The highest BCUT2D eigenvalue weighted by molar-refractivity contribution is 4.86. The molecule has 1 aliphatic carbocycles. The Morgan fingerprint density at radius 1 is 0.941 bits per heavy atom. The molecule has 0 amide bonds. The van der Waals surface area contributed by atoms with Crippen molar-refractivity contribution >= 4 is 0 Å². The van der Waals surface area contributed by atoms with Gasteiger partial charge in [0.15, 0.2) is 0 Å². The van der Waals surface area contributed by atoms with Crippen LogP contribution < -0.4 is 5.32 Å². The Morgan fingerprint density at radius 2 is 1.76 bits per heavy atom. The van der Waals surface area contributed by atoms with Crippen LogP contribution in [0.25, 0.3) is 0 Å². The monoisotopic (exact) mass is 237 g/mol. The fourth-order valence-corrected chi connectivity index (χ4v) is 3.31. The van der Waals surface area contributed by atoms with Gasteiger partial charge in [-0.3, -0.25) is 4.90 Å². The SMILES string of the molecule is C1CCN(C2CCN(CCNC3CC3)C2)CC1. The number of piperidine rings is 1. The number of hydrogen-bond donors (Lipinski definition) is 1. The molecule has 3 aliphatic rings. The summed E-state index contributed by atoms with van der Waals surface area (Å²) < 4.78 is 0. The largest absolute Gasteiger partial charge is 0.313 e. The summed E-state index contributed by atoms with van der Waals surface area (Å²) in [6.45, 7) is 7.84. The summed E-state index contributed by atoms with van der Waals surface area (Å²) in [5.41, 5.74) is 0. The average molecular weight is 237 g/mol. The van der Waals surface area contributed by atoms with Crippen molar-refractivity contribution in [3.8, 4) is 0 Å². The maximum absolute atomic E-state index is 3.62. The normalized spacial score (nSPS) is 32.1. The smallest absolute Gasteiger partial charge is 0.0235 e. The number of nitrogens with zero attached hydrogens (tertiary/aromatic N) is 2. The molecule has 2 heterocycles. The van der Waals surface area contributed by atoms with E-state index in [1.807, 2.05) is 0 Å². The van der Waals surface area contributed by atoms with E-state index < -0.39 is 0 Å². The van der Waals surface area contributed by atoms with E-state index in [0.717, 1.165) is 12.1 Å². The summed E-state index contributed by atoms with van der Waals surface area (Å²) in [4.78, 5) is 5.41. The predicted octanol–water partition coefficient (Wildman–Crippen LogP) is 1.30. The van der Waals surface area contributed by atoms with Crippen LogP contribution in [0.2, 0.25) is 0 Å². The van der Waals surface area contributed by atoms with Crippen LogP contribution in [0.3, 0.4) is 0 Å². The first-order chi connectivity index (χ1) is 8.42. The molecule has 2 aliphatic heterocycles. The van der Waals surface area contributed by atoms with Crippen molar-refractivity contribution in [1.29, 1.82) is 0 Å². The average Bonchev–Trinajstić information content (AvgIpc) is 3.07. The molecule has 0 aromatic heterocycles. The van der Waals surface area contributed by atoms with Gasteiger partial charge in [0.2, 0.25) is 0 Å². The molecular weight excluding hydrogens is 210 g/mol. The molecule has 0 bridgehead atoms. The molecule has 0 aromatic rings. The van der Waals surface area contributed by atoms with Gasteiger partial charge in [-0.15, -0.1) is 0 Å². The van der Waals surface area contributed by atoms with E-state index in [1.165, 1.54) is 77.8 Å². The lowest BCUT2D eigenvalue weighted by Crippen LogP contribution is -2.41. The van der Waals surface area contributed by atoms with Gasteiger partial charge < -0.3 is 10.2 Å². The summed E-state index contributed by atoms with van der Waals surface area (Å²) in [6, 6.07) is 1.74. The minimum absolute atomic E-state index is 0.871. The lowest BCUT2D eigenvalue weighted by Gasteiger charge is -2.32. The highest BCUT2D eigenvalue weighted by atomic mass is 15.3. The first-order valence-corrected chi connectivity index (χ1v) is 7.61. The Bertz CT molecular complexity index is 234. The van der Waals surface area contributed by atoms with Gasteiger partial charge in [-0.1, -0.05) is 6.42 Å². The fourth-order valence-electron chi connectivity index (χ4n) is 3.31. The summed E-state index contributed by atoms with van der Waals surface area (Å²) in [5.74, 6) is 0. The summed E-state index contributed by atoms with van der Waals surface area (Å²) in [5, 5.41) is 3.62. The number of rotatable bonds is 5. The van der Waals surface area contributed by atoms with Crippen LogP contribution in [0.4, 0.5) is 0 Å². The van der Waals surface area contributed by atoms with E-state index in [9.17, 15) is 0 Å². The van der Waals surface area contributed by atoms with Gasteiger partial charge in [-0.05, 0) is 51.7 Å². The first kappa shape index (κ1) is 11.9. The Hall–Kier alpha value is -0.120. The van der Waals surface area contributed by atoms with Gasteiger partial charge in [0, 0.05) is 31.7 Å². The van der Waals surface area contributed by atoms with Crippen LogP contribution in [0, 0.1) is 0 Å². The van der Waals surface area contributed by atoms with Crippen molar-refractivity contribution in [2.45, 2.75) is 50.6 Å². The molecule has 1 unspecified atom stereocenters. The van der Waals surface area contributed by atoms with E-state index in [0.29, 0.717) is 0 Å². The summed E-state index contributed by atoms with van der Waals surface area (Å²) in [7, 11) is 0. The molecule has 17 heavy (non-hydrogen) atoms. The van der Waals surface area contributed by atoms with E-state index in [4.69, 9.17) is 0 Å². The third-order valence-electron chi connectivity index (χ3n) is 4.59. The zero-order valence-electron chi connectivity index (χ0n) is 11.0. The molecule has 3 heteroatoms. The van der Waals surface area contributed by atoms with Crippen molar-refractivity contribution < 1.29 is 0 Å². The molecule has 1 N–H and O–H groups in total. The molecule has 0 spiro atoms. The maximum atomic E-state index is 3.62. The highest BCUT2D eigenvalue weighted by Gasteiger charge is 2.28. The van der Waals surface area contributed by atoms with Gasteiger partial charge in [-0.25, -0.2) is 0 Å². The second kappa shape index (κ2) is 5.68. The Kier molecular flexibility index (Phi) is 3.99. The Balaban J connectivity index is 1.35. The second-order valence-electron chi connectivity index (χ2n) is 6.07. The summed E-state index contributed by atoms with van der Waals surface area (Å²) in [6.07, 6.45) is 8.55. The van der Waals surface area contributed by atoms with Crippen LogP contribution in [0.5, 0.6) is 0 Å². The molecular formula is C14H27N3. The number of hydrogen-bond acceptors (Lipinski definition) is 3. The summed E-state index contributed by atoms with van der Waals surface area (Å²) >= 11 is 0.